The number of nitrogens with one attached hydrogen (secondary N) is 2. The van der Waals surface area contributed by atoms with E-state index in [0.717, 1.165) is 4.90 Å². The first kappa shape index (κ1) is 12.7. The van der Waals surface area contributed by atoms with Crippen molar-refractivity contribution in [3.63, 3.8) is 0 Å². The van der Waals surface area contributed by atoms with Gasteiger partial charge in [0, 0.05) is 19.1 Å². The van der Waals surface area contributed by atoms with Gasteiger partial charge in [0.1, 0.15) is 0 Å². The van der Waals surface area contributed by atoms with Crippen LogP contribution in [-0.2, 0) is 0 Å². The molecule has 0 aliphatic carbocycles. The fourth-order valence-corrected chi connectivity index (χ4v) is 0.998. The highest BCUT2D eigenvalue weighted by Gasteiger charge is 2.23. The van der Waals surface area contributed by atoms with E-state index in [1.165, 1.54) is 7.05 Å². The van der Waals surface area contributed by atoms with Gasteiger partial charge in [-0.15, -0.1) is 0 Å². The van der Waals surface area contributed by atoms with Crippen molar-refractivity contribution in [2.24, 2.45) is 0 Å². The number of hydrogen-bond donors (Lipinski definition) is 2. The van der Waals surface area contributed by atoms with E-state index in [2.05, 4.69) is 10.6 Å². The zero-order chi connectivity index (χ0) is 11.3. The number of hydrogen-bond acceptors (Lipinski definition) is 2. The Bertz CT molecular complexity index is 214. The molecule has 2 N–H and O–H groups in total. The van der Waals surface area contributed by atoms with Crippen LogP contribution in [-0.4, -0.2) is 36.1 Å². The Morgan fingerprint density at radius 3 is 1.86 bits per heavy atom. The van der Waals surface area contributed by atoms with Crippen LogP contribution in [0.5, 0.6) is 0 Å². The van der Waals surface area contributed by atoms with Crippen LogP contribution in [0, 0.1) is 0 Å². The normalized spacial score (nSPS) is 10.2. The van der Waals surface area contributed by atoms with Crippen LogP contribution < -0.4 is 10.6 Å². The molecule has 0 unspecified atom stereocenters. The lowest BCUT2D eigenvalue weighted by atomic mass is 10.3. The van der Waals surface area contributed by atoms with Gasteiger partial charge in [0.2, 0.25) is 0 Å². The van der Waals surface area contributed by atoms with E-state index in [1.807, 2.05) is 13.8 Å². The lowest BCUT2D eigenvalue weighted by Gasteiger charge is -2.25. The molecule has 14 heavy (non-hydrogen) atoms. The molecule has 0 rings (SSSR count). The SMILES string of the molecule is CNC(=O)N(C(=O)NC(C)C)C(C)C. The van der Waals surface area contributed by atoms with Crippen molar-refractivity contribution in [3.8, 4) is 0 Å². The highest BCUT2D eigenvalue weighted by molar-refractivity contribution is 5.93. The summed E-state index contributed by atoms with van der Waals surface area (Å²) in [5.74, 6) is 0. The molecule has 0 aromatic rings. The number of carbonyl (C=O) groups excluding carboxylic acids is 2. The standard InChI is InChI=1S/C9H19N3O2/c1-6(2)11-9(14)12(7(3)4)8(13)10-5/h6-7H,1-5H3,(H,10,13)(H,11,14). The molecule has 0 fully saturated rings. The summed E-state index contributed by atoms with van der Waals surface area (Å²) in [5.41, 5.74) is 0. The van der Waals surface area contributed by atoms with Crippen molar-refractivity contribution in [1.82, 2.24) is 15.5 Å². The molecule has 4 amide bonds. The minimum absolute atomic E-state index is 0.0217. The van der Waals surface area contributed by atoms with E-state index < -0.39 is 6.03 Å². The highest BCUT2D eigenvalue weighted by atomic mass is 16.2. The zero-order valence-electron chi connectivity index (χ0n) is 9.42. The Morgan fingerprint density at radius 2 is 1.57 bits per heavy atom. The molecule has 0 saturated carbocycles. The van der Waals surface area contributed by atoms with E-state index in [1.54, 1.807) is 13.8 Å². The fraction of sp³-hybridized carbons (Fsp3) is 0.778. The summed E-state index contributed by atoms with van der Waals surface area (Å²) < 4.78 is 0. The van der Waals surface area contributed by atoms with Gasteiger partial charge in [0.05, 0.1) is 0 Å². The first-order chi connectivity index (χ1) is 6.40. The number of carbonyl (C=O) groups is 2. The van der Waals surface area contributed by atoms with Gasteiger partial charge in [-0.2, -0.15) is 0 Å². The number of amides is 4. The van der Waals surface area contributed by atoms with Gasteiger partial charge in [-0.25, -0.2) is 14.5 Å². The van der Waals surface area contributed by atoms with Crippen LogP contribution in [0.15, 0.2) is 0 Å². The van der Waals surface area contributed by atoms with Crippen molar-refractivity contribution in [2.45, 2.75) is 39.8 Å². The lowest BCUT2D eigenvalue weighted by molar-refractivity contribution is 0.175. The van der Waals surface area contributed by atoms with Crippen molar-refractivity contribution in [3.05, 3.63) is 0 Å². The summed E-state index contributed by atoms with van der Waals surface area (Å²) >= 11 is 0. The van der Waals surface area contributed by atoms with Gasteiger partial charge in [-0.05, 0) is 27.7 Å². The van der Waals surface area contributed by atoms with Crippen LogP contribution in [0.1, 0.15) is 27.7 Å². The summed E-state index contributed by atoms with van der Waals surface area (Å²) in [7, 11) is 1.50. The molecular formula is C9H19N3O2. The maximum absolute atomic E-state index is 11.5. The van der Waals surface area contributed by atoms with Crippen LogP contribution in [0.25, 0.3) is 0 Å². The van der Waals surface area contributed by atoms with Crippen molar-refractivity contribution in [1.29, 1.82) is 0 Å². The second kappa shape index (κ2) is 5.47. The summed E-state index contributed by atoms with van der Waals surface area (Å²) in [5, 5.41) is 5.09. The average Bonchev–Trinajstić information content (AvgIpc) is 2.01. The summed E-state index contributed by atoms with van der Waals surface area (Å²) in [4.78, 5) is 24.0. The molecule has 0 heterocycles. The highest BCUT2D eigenvalue weighted by Crippen LogP contribution is 1.99. The molecule has 0 aromatic carbocycles. The first-order valence-electron chi connectivity index (χ1n) is 4.71. The van der Waals surface area contributed by atoms with Crippen LogP contribution in [0.4, 0.5) is 9.59 Å². The van der Waals surface area contributed by atoms with Gasteiger partial charge in [-0.3, -0.25) is 0 Å². The quantitative estimate of drug-likeness (QED) is 0.704. The molecular weight excluding hydrogens is 182 g/mol. The molecule has 0 aromatic heterocycles. The zero-order valence-corrected chi connectivity index (χ0v) is 9.42. The molecule has 0 saturated heterocycles. The Balaban J connectivity index is 4.50. The second-order valence-electron chi connectivity index (χ2n) is 3.62. The van der Waals surface area contributed by atoms with Gasteiger partial charge in [0.25, 0.3) is 0 Å². The summed E-state index contributed by atoms with van der Waals surface area (Å²) in [6.45, 7) is 7.27. The largest absolute Gasteiger partial charge is 0.341 e. The van der Waals surface area contributed by atoms with Gasteiger partial charge < -0.3 is 10.6 Å². The fourth-order valence-electron chi connectivity index (χ4n) is 0.998. The average molecular weight is 201 g/mol. The summed E-state index contributed by atoms with van der Waals surface area (Å²) in [6, 6.07) is -0.894. The van der Waals surface area contributed by atoms with Crippen molar-refractivity contribution in [2.75, 3.05) is 7.05 Å². The maximum atomic E-state index is 11.5. The lowest BCUT2D eigenvalue weighted by Crippen LogP contribution is -2.52. The molecule has 0 aliphatic heterocycles. The molecule has 5 nitrogen and oxygen atoms in total. The molecule has 5 heteroatoms. The van der Waals surface area contributed by atoms with E-state index in [0.29, 0.717) is 0 Å². The minimum atomic E-state index is -0.391. The predicted octanol–water partition coefficient (Wildman–Crippen LogP) is 1.15. The predicted molar refractivity (Wildman–Crippen MR) is 55.1 cm³/mol. The third-order valence-electron chi connectivity index (χ3n) is 1.58. The van der Waals surface area contributed by atoms with E-state index >= 15 is 0 Å². The molecule has 0 spiro atoms. The van der Waals surface area contributed by atoms with Crippen LogP contribution in [0.2, 0.25) is 0 Å². The van der Waals surface area contributed by atoms with Gasteiger partial charge >= 0.3 is 12.1 Å². The Morgan fingerprint density at radius 1 is 1.07 bits per heavy atom. The molecule has 0 bridgehead atoms. The number of nitrogens with zero attached hydrogens (tertiary/aromatic N) is 1. The third kappa shape index (κ3) is 3.64. The third-order valence-corrected chi connectivity index (χ3v) is 1.58. The van der Waals surface area contributed by atoms with E-state index in [-0.39, 0.29) is 18.1 Å². The Kier molecular flexibility index (Phi) is 4.97. The van der Waals surface area contributed by atoms with Crippen LogP contribution in [0.3, 0.4) is 0 Å². The molecule has 0 aliphatic rings. The smallest absolute Gasteiger partial charge is 0.325 e. The number of rotatable bonds is 2. The maximum Gasteiger partial charge on any atom is 0.325 e. The van der Waals surface area contributed by atoms with Crippen molar-refractivity contribution >= 4 is 12.1 Å². The van der Waals surface area contributed by atoms with Gasteiger partial charge in [0.15, 0.2) is 0 Å². The van der Waals surface area contributed by atoms with E-state index in [9.17, 15) is 9.59 Å². The monoisotopic (exact) mass is 201 g/mol. The molecule has 0 radical (unpaired) electrons. The van der Waals surface area contributed by atoms with Crippen LogP contribution >= 0.6 is 0 Å². The molecule has 82 valence electrons. The molecule has 0 atom stereocenters. The Hall–Kier alpha value is -1.26. The first-order valence-corrected chi connectivity index (χ1v) is 4.71. The number of urea groups is 2. The second-order valence-corrected chi connectivity index (χ2v) is 3.62. The Labute approximate surface area is 84.8 Å². The van der Waals surface area contributed by atoms with Crippen molar-refractivity contribution < 1.29 is 9.59 Å². The van der Waals surface area contributed by atoms with Gasteiger partial charge in [-0.1, -0.05) is 0 Å². The van der Waals surface area contributed by atoms with E-state index in [4.69, 9.17) is 0 Å². The summed E-state index contributed by atoms with van der Waals surface area (Å²) in [6.07, 6.45) is 0. The minimum Gasteiger partial charge on any atom is -0.341 e. The topological polar surface area (TPSA) is 61.4 Å². The number of imide groups is 1.